The van der Waals surface area contributed by atoms with Crippen molar-refractivity contribution in [1.82, 2.24) is 29.6 Å². The fraction of sp³-hybridized carbons (Fsp3) is 0.208. The Bertz CT molecular complexity index is 1510. The number of amides is 3. The van der Waals surface area contributed by atoms with Gasteiger partial charge in [0.25, 0.3) is 5.91 Å². The SMILES string of the molecule is NC(=O)c1nn(CC(=O)N2C[C@H](F)C[C@H]2C(=O)Nc2cncc(Cl)n2)c2ccc(-c3cccnc3)cc12. The number of fused-ring (bicyclic) bond motifs is 1. The summed E-state index contributed by atoms with van der Waals surface area (Å²) in [5.41, 5.74) is 7.65. The Kier molecular flexibility index (Phi) is 6.49. The van der Waals surface area contributed by atoms with Crippen molar-refractivity contribution in [3.8, 4) is 11.1 Å². The van der Waals surface area contributed by atoms with Crippen molar-refractivity contribution in [3.05, 3.63) is 66.0 Å². The van der Waals surface area contributed by atoms with Crippen molar-refractivity contribution < 1.29 is 18.8 Å². The number of likely N-dealkylation sites (tertiary alicyclic amines) is 1. The van der Waals surface area contributed by atoms with E-state index in [2.05, 4.69) is 25.4 Å². The van der Waals surface area contributed by atoms with Crippen LogP contribution in [0.2, 0.25) is 5.15 Å². The number of carbonyl (C=O) groups is 3. The number of halogens is 2. The topological polar surface area (TPSA) is 149 Å². The van der Waals surface area contributed by atoms with E-state index in [0.717, 1.165) is 16.0 Å². The number of hydrogen-bond donors (Lipinski definition) is 2. The number of nitrogens with two attached hydrogens (primary N) is 1. The number of anilines is 1. The molecule has 0 spiro atoms. The van der Waals surface area contributed by atoms with Gasteiger partial charge in [-0.2, -0.15) is 5.10 Å². The molecule has 0 bridgehead atoms. The van der Waals surface area contributed by atoms with Crippen molar-refractivity contribution in [1.29, 1.82) is 0 Å². The lowest BCUT2D eigenvalue weighted by Crippen LogP contribution is -2.44. The van der Waals surface area contributed by atoms with Crippen LogP contribution in [0.4, 0.5) is 10.2 Å². The van der Waals surface area contributed by atoms with Crippen LogP contribution in [0.25, 0.3) is 22.0 Å². The van der Waals surface area contributed by atoms with Crippen LogP contribution in [0.1, 0.15) is 16.9 Å². The first kappa shape index (κ1) is 24.3. The summed E-state index contributed by atoms with van der Waals surface area (Å²) >= 11 is 5.80. The van der Waals surface area contributed by atoms with Gasteiger partial charge in [0.05, 0.1) is 24.5 Å². The molecule has 4 heterocycles. The first-order chi connectivity index (χ1) is 17.8. The molecule has 188 valence electrons. The fourth-order valence-corrected chi connectivity index (χ4v) is 4.48. The van der Waals surface area contributed by atoms with Gasteiger partial charge >= 0.3 is 0 Å². The number of nitrogens with zero attached hydrogens (tertiary/aromatic N) is 6. The third-order valence-electron chi connectivity index (χ3n) is 5.99. The van der Waals surface area contributed by atoms with E-state index in [1.165, 1.54) is 17.1 Å². The Morgan fingerprint density at radius 3 is 2.70 bits per heavy atom. The van der Waals surface area contributed by atoms with E-state index >= 15 is 0 Å². The van der Waals surface area contributed by atoms with Gasteiger partial charge in [-0.05, 0) is 23.8 Å². The first-order valence-corrected chi connectivity index (χ1v) is 11.6. The van der Waals surface area contributed by atoms with Gasteiger partial charge in [0, 0.05) is 29.8 Å². The van der Waals surface area contributed by atoms with E-state index < -0.39 is 29.9 Å². The molecule has 4 aromatic rings. The summed E-state index contributed by atoms with van der Waals surface area (Å²) in [6.07, 6.45) is 4.36. The number of carbonyl (C=O) groups excluding carboxylic acids is 3. The van der Waals surface area contributed by atoms with E-state index in [0.29, 0.717) is 10.9 Å². The Balaban J connectivity index is 1.41. The Hall–Kier alpha value is -4.45. The monoisotopic (exact) mass is 522 g/mol. The lowest BCUT2D eigenvalue weighted by atomic mass is 10.0. The molecular weight excluding hydrogens is 503 g/mol. The quantitative estimate of drug-likeness (QED) is 0.394. The molecule has 5 rings (SSSR count). The summed E-state index contributed by atoms with van der Waals surface area (Å²) in [5, 5.41) is 7.30. The number of primary amides is 1. The molecule has 37 heavy (non-hydrogen) atoms. The standard InChI is InChI=1S/C24H20ClFN8O3/c25-19-9-29-10-20(30-19)31-24(37)18-7-15(26)11-33(18)21(35)12-34-17-4-3-13(14-2-1-5-28-8-14)6-16(17)22(32-34)23(27)36/h1-6,8-10,15,18H,7,11-12H2,(H2,27,36)(H,30,31,37)/t15-,18+/m1/s1. The van der Waals surface area contributed by atoms with Crippen molar-refractivity contribution >= 4 is 46.0 Å². The molecular formula is C24H20ClFN8O3. The van der Waals surface area contributed by atoms with Gasteiger partial charge in [-0.3, -0.25) is 29.0 Å². The maximum atomic E-state index is 14.3. The van der Waals surface area contributed by atoms with E-state index in [9.17, 15) is 18.8 Å². The minimum absolute atomic E-state index is 0.00726. The van der Waals surface area contributed by atoms with E-state index in [-0.39, 0.29) is 36.2 Å². The van der Waals surface area contributed by atoms with Gasteiger partial charge in [0.15, 0.2) is 11.5 Å². The van der Waals surface area contributed by atoms with Crippen LogP contribution in [-0.4, -0.2) is 66.1 Å². The highest BCUT2D eigenvalue weighted by Gasteiger charge is 2.40. The molecule has 3 N–H and O–H groups in total. The molecule has 1 aliphatic rings. The second-order valence-corrected chi connectivity index (χ2v) is 8.84. The average molecular weight is 523 g/mol. The van der Waals surface area contributed by atoms with Crippen LogP contribution in [-0.2, 0) is 16.1 Å². The maximum Gasteiger partial charge on any atom is 0.269 e. The molecule has 11 nitrogen and oxygen atoms in total. The van der Waals surface area contributed by atoms with Crippen molar-refractivity contribution in [3.63, 3.8) is 0 Å². The van der Waals surface area contributed by atoms with Gasteiger partial charge in [-0.1, -0.05) is 23.7 Å². The molecule has 0 aliphatic carbocycles. The number of hydrogen-bond acceptors (Lipinski definition) is 7. The van der Waals surface area contributed by atoms with E-state index in [4.69, 9.17) is 17.3 Å². The highest BCUT2D eigenvalue weighted by Crippen LogP contribution is 2.27. The number of rotatable bonds is 6. The number of pyridine rings is 1. The molecule has 1 aliphatic heterocycles. The zero-order valence-electron chi connectivity index (χ0n) is 19.2. The van der Waals surface area contributed by atoms with Gasteiger partial charge in [-0.25, -0.2) is 9.37 Å². The molecule has 0 radical (unpaired) electrons. The molecule has 1 aromatic carbocycles. The average Bonchev–Trinajstić information content (AvgIpc) is 3.45. The summed E-state index contributed by atoms with van der Waals surface area (Å²) in [7, 11) is 0. The fourth-order valence-electron chi connectivity index (χ4n) is 4.33. The number of alkyl halides is 1. The Morgan fingerprint density at radius 2 is 1.97 bits per heavy atom. The Morgan fingerprint density at radius 1 is 1.14 bits per heavy atom. The highest BCUT2D eigenvalue weighted by atomic mass is 35.5. The first-order valence-electron chi connectivity index (χ1n) is 11.2. The molecule has 1 fully saturated rings. The largest absolute Gasteiger partial charge is 0.364 e. The van der Waals surface area contributed by atoms with Gasteiger partial charge in [0.1, 0.15) is 23.9 Å². The predicted octanol–water partition coefficient (Wildman–Crippen LogP) is 2.22. The molecule has 3 aromatic heterocycles. The van der Waals surface area contributed by atoms with Crippen LogP contribution in [0.5, 0.6) is 0 Å². The maximum absolute atomic E-state index is 14.3. The predicted molar refractivity (Wildman–Crippen MR) is 132 cm³/mol. The van der Waals surface area contributed by atoms with Crippen molar-refractivity contribution in [2.24, 2.45) is 5.73 Å². The van der Waals surface area contributed by atoms with Crippen LogP contribution >= 0.6 is 11.6 Å². The van der Waals surface area contributed by atoms with Gasteiger partial charge < -0.3 is 16.0 Å². The van der Waals surface area contributed by atoms with E-state index in [1.807, 2.05) is 12.1 Å². The molecule has 3 amide bonds. The minimum Gasteiger partial charge on any atom is -0.364 e. The number of aromatic nitrogens is 5. The molecule has 2 atom stereocenters. The zero-order valence-corrected chi connectivity index (χ0v) is 20.0. The normalized spacial score (nSPS) is 17.2. The second kappa shape index (κ2) is 9.90. The minimum atomic E-state index is -1.39. The van der Waals surface area contributed by atoms with Crippen LogP contribution in [0, 0.1) is 0 Å². The summed E-state index contributed by atoms with van der Waals surface area (Å²) in [6, 6.07) is 7.86. The van der Waals surface area contributed by atoms with Gasteiger partial charge in [-0.15, -0.1) is 0 Å². The lowest BCUT2D eigenvalue weighted by molar-refractivity contribution is -0.137. The van der Waals surface area contributed by atoms with E-state index in [1.54, 1.807) is 30.6 Å². The molecule has 0 unspecified atom stereocenters. The summed E-state index contributed by atoms with van der Waals surface area (Å²) < 4.78 is 15.7. The summed E-state index contributed by atoms with van der Waals surface area (Å²) in [6.45, 7) is -0.589. The van der Waals surface area contributed by atoms with Crippen molar-refractivity contribution in [2.75, 3.05) is 11.9 Å². The van der Waals surface area contributed by atoms with Crippen LogP contribution < -0.4 is 11.1 Å². The molecule has 13 heteroatoms. The Labute approximate surface area is 214 Å². The number of benzene rings is 1. The highest BCUT2D eigenvalue weighted by molar-refractivity contribution is 6.29. The van der Waals surface area contributed by atoms with Crippen LogP contribution in [0.3, 0.4) is 0 Å². The molecule has 1 saturated heterocycles. The third kappa shape index (κ3) is 4.96. The number of nitrogens with one attached hydrogen (secondary N) is 1. The van der Waals surface area contributed by atoms with Crippen molar-refractivity contribution in [2.45, 2.75) is 25.2 Å². The van der Waals surface area contributed by atoms with Crippen LogP contribution in [0.15, 0.2) is 55.1 Å². The third-order valence-corrected chi connectivity index (χ3v) is 6.18. The zero-order chi connectivity index (χ0) is 26.1. The second-order valence-electron chi connectivity index (χ2n) is 8.46. The van der Waals surface area contributed by atoms with Gasteiger partial charge in [0.2, 0.25) is 11.8 Å². The summed E-state index contributed by atoms with van der Waals surface area (Å²) in [5.74, 6) is -1.84. The summed E-state index contributed by atoms with van der Waals surface area (Å²) in [4.78, 5) is 51.2. The molecule has 0 saturated carbocycles. The lowest BCUT2D eigenvalue weighted by Gasteiger charge is -2.23. The smallest absolute Gasteiger partial charge is 0.269 e.